The number of hydrogen-bond acceptors (Lipinski definition) is 2. The molecular weight excluding hydrogens is 367 g/mol. The van der Waals surface area contributed by atoms with Gasteiger partial charge in [-0.1, -0.05) is 27.2 Å². The van der Waals surface area contributed by atoms with Crippen molar-refractivity contribution in [2.45, 2.75) is 92.0 Å². The van der Waals surface area contributed by atoms with Gasteiger partial charge in [-0.05, 0) is 46.0 Å². The standard InChI is InChI=1S/C10H23N2.C10H25N2.2ClH/c1-3-12(11,4-2)10-8-6-5-7-9-10;1-5-8-11-12(4,9-6-2)10-7-3;;/h10H,3-9,11H2,1-2H3;11H,5-10H2,1-4H3;2*1H/q2*+1;;/p-2. The third kappa shape index (κ3) is 12.0. The van der Waals surface area contributed by atoms with Crippen LogP contribution in [0.1, 0.15) is 86.0 Å². The van der Waals surface area contributed by atoms with Crippen molar-refractivity contribution in [1.29, 1.82) is 0 Å². The summed E-state index contributed by atoms with van der Waals surface area (Å²) in [6.07, 6.45) is 10.6. The summed E-state index contributed by atoms with van der Waals surface area (Å²) in [4.78, 5) is 0. The topological polar surface area (TPSA) is 38.0 Å². The van der Waals surface area contributed by atoms with Crippen LogP contribution in [0.4, 0.5) is 0 Å². The summed E-state index contributed by atoms with van der Waals surface area (Å²) in [5.41, 5.74) is 3.59. The zero-order valence-electron chi connectivity index (χ0n) is 18.5. The SMILES string of the molecule is CCCN[N+](C)(CCC)CCC.CC[N+](N)(CC)C1CCCCC1.[Cl-].[Cl-]. The Morgan fingerprint density at radius 1 is 0.808 bits per heavy atom. The highest BCUT2D eigenvalue weighted by Gasteiger charge is 2.31. The molecule has 0 radical (unpaired) electrons. The molecule has 6 heteroatoms. The number of nitrogens with one attached hydrogen (secondary N) is 1. The van der Waals surface area contributed by atoms with E-state index in [4.69, 9.17) is 5.84 Å². The lowest BCUT2D eigenvalue weighted by Crippen LogP contribution is -3.00. The van der Waals surface area contributed by atoms with Crippen molar-refractivity contribution in [1.82, 2.24) is 5.43 Å². The first-order chi connectivity index (χ1) is 11.4. The van der Waals surface area contributed by atoms with Crippen LogP contribution in [0, 0.1) is 0 Å². The molecule has 0 aromatic rings. The fourth-order valence-electron chi connectivity index (χ4n) is 3.97. The molecule has 0 unspecified atom stereocenters. The van der Waals surface area contributed by atoms with E-state index in [1.165, 1.54) is 64.5 Å². The molecule has 0 saturated heterocycles. The third-order valence-electron chi connectivity index (χ3n) is 5.66. The monoisotopic (exact) mass is 414 g/mol. The molecular formula is C20H48Cl2N4. The Morgan fingerprint density at radius 3 is 1.62 bits per heavy atom. The molecule has 1 rings (SSSR count). The first kappa shape index (κ1) is 31.1. The Bertz CT molecular complexity index is 288. The van der Waals surface area contributed by atoms with Crippen LogP contribution in [-0.2, 0) is 0 Å². The van der Waals surface area contributed by atoms with Crippen molar-refractivity contribution in [2.24, 2.45) is 5.84 Å². The summed E-state index contributed by atoms with van der Waals surface area (Å²) in [6, 6.07) is 0.744. The number of rotatable bonds is 10. The molecule has 0 spiro atoms. The van der Waals surface area contributed by atoms with Gasteiger partial charge in [0, 0.05) is 19.4 Å². The van der Waals surface area contributed by atoms with Crippen molar-refractivity contribution in [3.8, 4) is 0 Å². The minimum Gasteiger partial charge on any atom is -1.00 e. The van der Waals surface area contributed by atoms with Crippen LogP contribution >= 0.6 is 0 Å². The largest absolute Gasteiger partial charge is 1.00 e. The minimum absolute atomic E-state index is 0. The van der Waals surface area contributed by atoms with E-state index in [0.717, 1.165) is 34.9 Å². The average molecular weight is 416 g/mol. The van der Waals surface area contributed by atoms with Crippen LogP contribution in [0.25, 0.3) is 0 Å². The molecule has 0 atom stereocenters. The second kappa shape index (κ2) is 17.5. The van der Waals surface area contributed by atoms with E-state index in [9.17, 15) is 0 Å². The normalized spacial score (nSPS) is 15.3. The van der Waals surface area contributed by atoms with Gasteiger partial charge in [-0.15, -0.1) is 0 Å². The van der Waals surface area contributed by atoms with E-state index < -0.39 is 0 Å². The second-order valence-electron chi connectivity index (χ2n) is 7.78. The highest BCUT2D eigenvalue weighted by atomic mass is 35.5. The Kier molecular flexibility index (Phi) is 21.0. The van der Waals surface area contributed by atoms with Gasteiger partial charge in [0.2, 0.25) is 0 Å². The number of nitrogens with zero attached hydrogens (tertiary/aromatic N) is 2. The smallest absolute Gasteiger partial charge is 0.106 e. The molecule has 1 saturated carbocycles. The first-order valence-electron chi connectivity index (χ1n) is 10.7. The zero-order chi connectivity index (χ0) is 18.5. The maximum Gasteiger partial charge on any atom is 0.106 e. The van der Waals surface area contributed by atoms with Crippen LogP contribution in [-0.4, -0.2) is 55.0 Å². The Morgan fingerprint density at radius 2 is 1.27 bits per heavy atom. The summed E-state index contributed by atoms with van der Waals surface area (Å²) in [5, 5.41) is 0. The van der Waals surface area contributed by atoms with Crippen LogP contribution in [0.3, 0.4) is 0 Å². The molecule has 26 heavy (non-hydrogen) atoms. The van der Waals surface area contributed by atoms with Crippen molar-refractivity contribution in [3.63, 3.8) is 0 Å². The first-order valence-corrected chi connectivity index (χ1v) is 10.7. The molecule has 162 valence electrons. The highest BCUT2D eigenvalue weighted by molar-refractivity contribution is 4.65. The van der Waals surface area contributed by atoms with Crippen molar-refractivity contribution < 1.29 is 34.0 Å². The average Bonchev–Trinajstić information content (AvgIpc) is 2.61. The Labute approximate surface area is 177 Å². The number of quaternary nitrogens is 2. The maximum absolute atomic E-state index is 6.31. The molecule has 0 aromatic carbocycles. The van der Waals surface area contributed by atoms with E-state index in [0.29, 0.717) is 0 Å². The van der Waals surface area contributed by atoms with Gasteiger partial charge in [0.25, 0.3) is 0 Å². The quantitative estimate of drug-likeness (QED) is 0.252. The number of halogens is 2. The molecule has 0 aliphatic heterocycles. The van der Waals surface area contributed by atoms with Crippen LogP contribution < -0.4 is 36.1 Å². The number of nitrogens with two attached hydrogens (primary N) is 1. The Hall–Kier alpha value is 0.420. The summed E-state index contributed by atoms with van der Waals surface area (Å²) < 4.78 is 1.85. The predicted octanol–water partition coefficient (Wildman–Crippen LogP) is -1.77. The Balaban J connectivity index is -0.000000378. The van der Waals surface area contributed by atoms with Gasteiger partial charge in [0.1, 0.15) is 6.04 Å². The molecule has 3 N–H and O–H groups in total. The van der Waals surface area contributed by atoms with E-state index >= 15 is 0 Å². The van der Waals surface area contributed by atoms with Crippen LogP contribution in [0.15, 0.2) is 0 Å². The molecule has 1 aliphatic rings. The zero-order valence-corrected chi connectivity index (χ0v) is 20.0. The number of hydrogen-bond donors (Lipinski definition) is 2. The van der Waals surface area contributed by atoms with Gasteiger partial charge in [-0.3, -0.25) is 0 Å². The van der Waals surface area contributed by atoms with E-state index in [1.54, 1.807) is 0 Å². The fraction of sp³-hybridized carbons (Fsp3) is 1.00. The highest BCUT2D eigenvalue weighted by Crippen LogP contribution is 2.25. The lowest BCUT2D eigenvalue weighted by Gasteiger charge is -2.40. The van der Waals surface area contributed by atoms with Crippen LogP contribution in [0.2, 0.25) is 0 Å². The predicted molar refractivity (Wildman–Crippen MR) is 107 cm³/mol. The third-order valence-corrected chi connectivity index (χ3v) is 5.66. The summed E-state index contributed by atoms with van der Waals surface area (Å²) in [7, 11) is 2.29. The van der Waals surface area contributed by atoms with Gasteiger partial charge < -0.3 is 24.8 Å². The molecule has 0 amide bonds. The van der Waals surface area contributed by atoms with E-state index in [-0.39, 0.29) is 24.8 Å². The lowest BCUT2D eigenvalue weighted by atomic mass is 9.93. The van der Waals surface area contributed by atoms with Gasteiger partial charge in [-0.2, -0.15) is 11.3 Å². The van der Waals surface area contributed by atoms with Crippen molar-refractivity contribution in [3.05, 3.63) is 0 Å². The van der Waals surface area contributed by atoms with Gasteiger partial charge >= 0.3 is 0 Å². The molecule has 0 aromatic heterocycles. The van der Waals surface area contributed by atoms with Crippen molar-refractivity contribution >= 4 is 0 Å². The van der Waals surface area contributed by atoms with E-state index in [2.05, 4.69) is 47.1 Å². The molecule has 1 fully saturated rings. The minimum atomic E-state index is 0. The molecule has 0 heterocycles. The van der Waals surface area contributed by atoms with Gasteiger partial charge in [0.05, 0.1) is 33.2 Å². The van der Waals surface area contributed by atoms with E-state index in [1.807, 2.05) is 0 Å². The maximum atomic E-state index is 6.31. The molecule has 1 aliphatic carbocycles. The van der Waals surface area contributed by atoms with Gasteiger partial charge in [0.15, 0.2) is 0 Å². The summed E-state index contributed by atoms with van der Waals surface area (Å²) in [5.74, 6) is 6.31. The fourth-order valence-corrected chi connectivity index (χ4v) is 3.97. The lowest BCUT2D eigenvalue weighted by molar-refractivity contribution is -0.960. The summed E-state index contributed by atoms with van der Waals surface area (Å²) >= 11 is 0. The van der Waals surface area contributed by atoms with Gasteiger partial charge in [-0.25, -0.2) is 9.18 Å². The van der Waals surface area contributed by atoms with Crippen LogP contribution in [0.5, 0.6) is 0 Å². The molecule has 4 nitrogen and oxygen atoms in total. The summed E-state index contributed by atoms with van der Waals surface area (Å²) in [6.45, 7) is 16.9. The molecule has 0 bridgehead atoms. The van der Waals surface area contributed by atoms with Crippen molar-refractivity contribution in [2.75, 3.05) is 39.8 Å². The second-order valence-corrected chi connectivity index (χ2v) is 7.78.